The Labute approximate surface area is 144 Å². The van der Waals surface area contributed by atoms with Crippen molar-refractivity contribution in [3.8, 4) is 0 Å². The van der Waals surface area contributed by atoms with Gasteiger partial charge in [-0.1, -0.05) is 30.3 Å². The van der Waals surface area contributed by atoms with E-state index in [-0.39, 0.29) is 5.91 Å². The van der Waals surface area contributed by atoms with Gasteiger partial charge in [-0.25, -0.2) is 0 Å². The molecule has 0 spiro atoms. The predicted octanol–water partition coefficient (Wildman–Crippen LogP) is 2.35. The molecule has 1 amide bonds. The van der Waals surface area contributed by atoms with Gasteiger partial charge in [-0.3, -0.25) is 9.48 Å². The molecular weight excluding hydrogens is 302 g/mol. The molecule has 24 heavy (non-hydrogen) atoms. The number of ether oxygens (including phenoxy) is 1. The van der Waals surface area contributed by atoms with Gasteiger partial charge in [-0.15, -0.1) is 0 Å². The summed E-state index contributed by atoms with van der Waals surface area (Å²) in [7, 11) is 1.90. The molecule has 1 N–H and O–H groups in total. The molecule has 0 bridgehead atoms. The third-order valence-electron chi connectivity index (χ3n) is 4.16. The van der Waals surface area contributed by atoms with E-state index in [4.69, 9.17) is 4.74 Å². The number of rotatable bonds is 9. The van der Waals surface area contributed by atoms with Gasteiger partial charge < -0.3 is 10.1 Å². The molecule has 0 fully saturated rings. The van der Waals surface area contributed by atoms with Crippen molar-refractivity contribution in [2.24, 2.45) is 7.05 Å². The van der Waals surface area contributed by atoms with Crippen LogP contribution in [0.4, 0.5) is 0 Å². The lowest BCUT2D eigenvalue weighted by molar-refractivity contribution is -0.120. The number of amides is 1. The molecule has 0 radical (unpaired) electrons. The van der Waals surface area contributed by atoms with Gasteiger partial charge >= 0.3 is 0 Å². The Hall–Kier alpha value is -2.14. The Morgan fingerprint density at radius 3 is 2.62 bits per heavy atom. The molecule has 0 saturated carbocycles. The van der Waals surface area contributed by atoms with Crippen LogP contribution in [0.1, 0.15) is 28.9 Å². The lowest BCUT2D eigenvalue weighted by Crippen LogP contribution is -2.27. The Kier molecular flexibility index (Phi) is 7.00. The molecule has 2 rings (SSSR count). The zero-order valence-corrected chi connectivity index (χ0v) is 14.8. The summed E-state index contributed by atoms with van der Waals surface area (Å²) < 4.78 is 7.43. The number of nitrogens with zero attached hydrogens (tertiary/aromatic N) is 2. The van der Waals surface area contributed by atoms with Crippen molar-refractivity contribution in [3.05, 3.63) is 52.8 Å². The van der Waals surface area contributed by atoms with Crippen molar-refractivity contribution < 1.29 is 9.53 Å². The van der Waals surface area contributed by atoms with E-state index in [2.05, 4.69) is 22.5 Å². The number of aryl methyl sites for hydroxylation is 2. The minimum atomic E-state index is 0.0403. The molecule has 0 atom stereocenters. The van der Waals surface area contributed by atoms with Gasteiger partial charge in [0.05, 0.1) is 18.7 Å². The van der Waals surface area contributed by atoms with Crippen LogP contribution in [0.3, 0.4) is 0 Å². The van der Waals surface area contributed by atoms with E-state index in [0.717, 1.165) is 29.8 Å². The summed E-state index contributed by atoms with van der Waals surface area (Å²) in [5.41, 5.74) is 4.28. The summed E-state index contributed by atoms with van der Waals surface area (Å²) in [6.07, 6.45) is 2.14. The summed E-state index contributed by atoms with van der Waals surface area (Å²) in [5.74, 6) is 0.0403. The highest BCUT2D eigenvalue weighted by Crippen LogP contribution is 2.12. The molecular formula is C19H27N3O2. The van der Waals surface area contributed by atoms with Crippen LogP contribution in [0.5, 0.6) is 0 Å². The van der Waals surface area contributed by atoms with Crippen LogP contribution < -0.4 is 5.32 Å². The fraction of sp³-hybridized carbons (Fsp3) is 0.474. The summed E-state index contributed by atoms with van der Waals surface area (Å²) in [6, 6.07) is 10.3. The van der Waals surface area contributed by atoms with Crippen molar-refractivity contribution in [3.63, 3.8) is 0 Å². The van der Waals surface area contributed by atoms with E-state index < -0.39 is 0 Å². The second-order valence-corrected chi connectivity index (χ2v) is 6.00. The van der Waals surface area contributed by atoms with Gasteiger partial charge in [0.1, 0.15) is 0 Å². The first-order valence-electron chi connectivity index (χ1n) is 8.45. The summed E-state index contributed by atoms with van der Waals surface area (Å²) in [4.78, 5) is 12.0. The van der Waals surface area contributed by atoms with Crippen LogP contribution in [-0.2, 0) is 29.4 Å². The van der Waals surface area contributed by atoms with E-state index in [1.807, 2.05) is 43.8 Å². The Morgan fingerprint density at radius 1 is 1.21 bits per heavy atom. The number of hydrogen-bond acceptors (Lipinski definition) is 3. The van der Waals surface area contributed by atoms with Crippen LogP contribution >= 0.6 is 0 Å². The normalized spacial score (nSPS) is 10.8. The highest BCUT2D eigenvalue weighted by atomic mass is 16.5. The predicted molar refractivity (Wildman–Crippen MR) is 95.0 cm³/mol. The number of benzene rings is 1. The van der Waals surface area contributed by atoms with Crippen molar-refractivity contribution in [1.82, 2.24) is 15.1 Å². The maximum absolute atomic E-state index is 12.0. The fourth-order valence-electron chi connectivity index (χ4n) is 2.64. The fourth-order valence-corrected chi connectivity index (χ4v) is 2.64. The number of carbonyl (C=O) groups is 1. The SMILES string of the molecule is Cc1nn(C)c(C)c1CC(=O)NCCCOCCc1ccccc1. The third kappa shape index (κ3) is 5.49. The van der Waals surface area contributed by atoms with E-state index in [9.17, 15) is 4.79 Å². The average molecular weight is 329 g/mol. The van der Waals surface area contributed by atoms with Crippen molar-refractivity contribution in [1.29, 1.82) is 0 Å². The second kappa shape index (κ2) is 9.23. The molecule has 0 aliphatic heterocycles. The topological polar surface area (TPSA) is 56.2 Å². The third-order valence-corrected chi connectivity index (χ3v) is 4.16. The first-order valence-corrected chi connectivity index (χ1v) is 8.45. The minimum Gasteiger partial charge on any atom is -0.381 e. The minimum absolute atomic E-state index is 0.0403. The number of carbonyl (C=O) groups excluding carboxylic acids is 1. The molecule has 5 nitrogen and oxygen atoms in total. The monoisotopic (exact) mass is 329 g/mol. The van der Waals surface area contributed by atoms with E-state index >= 15 is 0 Å². The number of hydrogen-bond donors (Lipinski definition) is 1. The molecule has 1 heterocycles. The van der Waals surface area contributed by atoms with Crippen molar-refractivity contribution in [2.45, 2.75) is 33.1 Å². The molecule has 0 saturated heterocycles. The average Bonchev–Trinajstić information content (AvgIpc) is 2.81. The highest BCUT2D eigenvalue weighted by Gasteiger charge is 2.12. The zero-order chi connectivity index (χ0) is 17.4. The van der Waals surface area contributed by atoms with Crippen LogP contribution in [0.25, 0.3) is 0 Å². The van der Waals surface area contributed by atoms with Crippen LogP contribution in [0, 0.1) is 13.8 Å². The van der Waals surface area contributed by atoms with E-state index in [1.165, 1.54) is 5.56 Å². The summed E-state index contributed by atoms with van der Waals surface area (Å²) in [6.45, 7) is 5.95. The summed E-state index contributed by atoms with van der Waals surface area (Å²) >= 11 is 0. The lowest BCUT2D eigenvalue weighted by atomic mass is 10.1. The molecule has 5 heteroatoms. The largest absolute Gasteiger partial charge is 0.381 e. The first-order chi connectivity index (χ1) is 11.6. The Balaban J connectivity index is 1.56. The number of nitrogens with one attached hydrogen (secondary N) is 1. The van der Waals surface area contributed by atoms with Gasteiger partial charge in [0, 0.05) is 31.5 Å². The molecule has 2 aromatic rings. The van der Waals surface area contributed by atoms with Crippen LogP contribution in [-0.4, -0.2) is 35.4 Å². The van der Waals surface area contributed by atoms with Gasteiger partial charge in [0.2, 0.25) is 5.91 Å². The summed E-state index contributed by atoms with van der Waals surface area (Å²) in [5, 5.41) is 7.28. The molecule has 1 aromatic carbocycles. The maximum atomic E-state index is 12.0. The molecule has 130 valence electrons. The van der Waals surface area contributed by atoms with Crippen molar-refractivity contribution >= 4 is 5.91 Å². The standard InChI is InChI=1S/C19H27N3O2/c1-15-18(16(2)22(3)21-15)14-19(23)20-11-7-12-24-13-10-17-8-5-4-6-9-17/h4-6,8-9H,7,10-14H2,1-3H3,(H,20,23). The smallest absolute Gasteiger partial charge is 0.224 e. The van der Waals surface area contributed by atoms with Gasteiger partial charge in [0.15, 0.2) is 0 Å². The quantitative estimate of drug-likeness (QED) is 0.719. The van der Waals surface area contributed by atoms with Crippen LogP contribution in [0.15, 0.2) is 30.3 Å². The maximum Gasteiger partial charge on any atom is 0.224 e. The molecule has 0 unspecified atom stereocenters. The molecule has 0 aliphatic rings. The van der Waals surface area contributed by atoms with Crippen LogP contribution in [0.2, 0.25) is 0 Å². The van der Waals surface area contributed by atoms with Gasteiger partial charge in [0.25, 0.3) is 0 Å². The van der Waals surface area contributed by atoms with Crippen molar-refractivity contribution in [2.75, 3.05) is 19.8 Å². The lowest BCUT2D eigenvalue weighted by Gasteiger charge is -2.07. The second-order valence-electron chi connectivity index (χ2n) is 6.00. The molecule has 0 aliphatic carbocycles. The van der Waals surface area contributed by atoms with E-state index in [1.54, 1.807) is 0 Å². The first kappa shape index (κ1) is 18.2. The Bertz CT molecular complexity index is 650. The number of aromatic nitrogens is 2. The molecule has 1 aromatic heterocycles. The Morgan fingerprint density at radius 2 is 1.96 bits per heavy atom. The van der Waals surface area contributed by atoms with E-state index in [0.29, 0.717) is 26.2 Å². The zero-order valence-electron chi connectivity index (χ0n) is 14.8. The van der Waals surface area contributed by atoms with Gasteiger partial charge in [-0.2, -0.15) is 5.10 Å². The van der Waals surface area contributed by atoms with Gasteiger partial charge in [-0.05, 0) is 32.3 Å². The highest BCUT2D eigenvalue weighted by molar-refractivity contribution is 5.79.